The standard InChI is InChI=1S/C10H18N2O/c1-7(9(11)13)12-8-3-6-10(8)4-2-5-10/h7-8,12H,2-6H2,1H3,(H2,11,13). The smallest absolute Gasteiger partial charge is 0.234 e. The second-order valence-electron chi connectivity index (χ2n) is 4.60. The second-order valence-corrected chi connectivity index (χ2v) is 4.60. The summed E-state index contributed by atoms with van der Waals surface area (Å²) >= 11 is 0. The maximum Gasteiger partial charge on any atom is 0.234 e. The van der Waals surface area contributed by atoms with Gasteiger partial charge in [-0.15, -0.1) is 0 Å². The molecule has 2 atom stereocenters. The van der Waals surface area contributed by atoms with E-state index in [-0.39, 0.29) is 11.9 Å². The summed E-state index contributed by atoms with van der Waals surface area (Å²) in [6.07, 6.45) is 6.61. The quantitative estimate of drug-likeness (QED) is 0.677. The van der Waals surface area contributed by atoms with Gasteiger partial charge in [0.2, 0.25) is 5.91 Å². The van der Waals surface area contributed by atoms with Gasteiger partial charge in [0, 0.05) is 6.04 Å². The lowest BCUT2D eigenvalue weighted by Crippen LogP contribution is -2.60. The van der Waals surface area contributed by atoms with Crippen LogP contribution >= 0.6 is 0 Å². The molecule has 0 radical (unpaired) electrons. The lowest BCUT2D eigenvalue weighted by molar-refractivity contribution is -0.121. The minimum absolute atomic E-state index is 0.164. The third kappa shape index (κ3) is 1.35. The largest absolute Gasteiger partial charge is 0.368 e. The van der Waals surface area contributed by atoms with Gasteiger partial charge in [-0.25, -0.2) is 0 Å². The monoisotopic (exact) mass is 182 g/mol. The van der Waals surface area contributed by atoms with Crippen LogP contribution in [0.15, 0.2) is 0 Å². The molecule has 1 amide bonds. The molecule has 0 bridgehead atoms. The molecule has 2 unspecified atom stereocenters. The molecule has 2 aliphatic rings. The highest BCUT2D eigenvalue weighted by Crippen LogP contribution is 2.55. The van der Waals surface area contributed by atoms with Crippen molar-refractivity contribution >= 4 is 5.91 Å². The zero-order valence-electron chi connectivity index (χ0n) is 8.18. The molecule has 0 aliphatic heterocycles. The first-order chi connectivity index (χ1) is 6.14. The number of rotatable bonds is 3. The van der Waals surface area contributed by atoms with Crippen LogP contribution in [0.3, 0.4) is 0 Å². The minimum Gasteiger partial charge on any atom is -0.368 e. The summed E-state index contributed by atoms with van der Waals surface area (Å²) in [5, 5.41) is 3.33. The van der Waals surface area contributed by atoms with Crippen molar-refractivity contribution in [3.05, 3.63) is 0 Å². The highest BCUT2D eigenvalue weighted by atomic mass is 16.1. The Labute approximate surface area is 79.1 Å². The predicted octanol–water partition coefficient (Wildman–Crippen LogP) is 0.782. The first kappa shape index (κ1) is 9.00. The molecule has 74 valence electrons. The van der Waals surface area contributed by atoms with Crippen molar-refractivity contribution in [3.8, 4) is 0 Å². The Morgan fingerprint density at radius 3 is 2.54 bits per heavy atom. The molecule has 2 rings (SSSR count). The first-order valence-corrected chi connectivity index (χ1v) is 5.19. The maximum absolute atomic E-state index is 10.9. The summed E-state index contributed by atoms with van der Waals surface area (Å²) in [7, 11) is 0. The summed E-state index contributed by atoms with van der Waals surface area (Å²) in [5.74, 6) is -0.235. The van der Waals surface area contributed by atoms with Gasteiger partial charge in [-0.3, -0.25) is 4.79 Å². The van der Waals surface area contributed by atoms with Gasteiger partial charge in [-0.2, -0.15) is 0 Å². The molecule has 13 heavy (non-hydrogen) atoms. The van der Waals surface area contributed by atoms with Crippen LogP contribution in [0.1, 0.15) is 39.0 Å². The topological polar surface area (TPSA) is 55.1 Å². The Kier molecular flexibility index (Phi) is 2.06. The second kappa shape index (κ2) is 2.98. The van der Waals surface area contributed by atoms with Crippen LogP contribution in [-0.2, 0) is 4.79 Å². The number of primary amides is 1. The van der Waals surface area contributed by atoms with Crippen molar-refractivity contribution in [1.29, 1.82) is 0 Å². The Bertz CT molecular complexity index is 217. The third-order valence-corrected chi connectivity index (χ3v) is 3.90. The van der Waals surface area contributed by atoms with E-state index in [4.69, 9.17) is 5.73 Å². The molecule has 0 heterocycles. The average Bonchev–Trinajstić information content (AvgIpc) is 1.94. The third-order valence-electron chi connectivity index (χ3n) is 3.90. The molecule has 0 aromatic heterocycles. The van der Waals surface area contributed by atoms with Crippen molar-refractivity contribution in [3.63, 3.8) is 0 Å². The Hall–Kier alpha value is -0.570. The van der Waals surface area contributed by atoms with E-state index in [0.29, 0.717) is 11.5 Å². The van der Waals surface area contributed by atoms with Gasteiger partial charge in [-0.1, -0.05) is 6.42 Å². The van der Waals surface area contributed by atoms with E-state index in [1.54, 1.807) is 0 Å². The Morgan fingerprint density at radius 2 is 2.23 bits per heavy atom. The van der Waals surface area contributed by atoms with Crippen LogP contribution in [-0.4, -0.2) is 18.0 Å². The van der Waals surface area contributed by atoms with Crippen molar-refractivity contribution in [1.82, 2.24) is 5.32 Å². The molecule has 1 spiro atoms. The lowest BCUT2D eigenvalue weighted by Gasteiger charge is -2.57. The van der Waals surface area contributed by atoms with Gasteiger partial charge in [0.1, 0.15) is 0 Å². The van der Waals surface area contributed by atoms with E-state index >= 15 is 0 Å². The van der Waals surface area contributed by atoms with Gasteiger partial charge in [0.05, 0.1) is 6.04 Å². The molecule has 0 saturated heterocycles. The van der Waals surface area contributed by atoms with Gasteiger partial charge in [0.15, 0.2) is 0 Å². The Balaban J connectivity index is 1.85. The van der Waals surface area contributed by atoms with Crippen molar-refractivity contribution < 1.29 is 4.79 Å². The molecule has 3 N–H and O–H groups in total. The fraction of sp³-hybridized carbons (Fsp3) is 0.900. The van der Waals surface area contributed by atoms with Crippen LogP contribution in [0.25, 0.3) is 0 Å². The molecule has 0 aromatic carbocycles. The average molecular weight is 182 g/mol. The summed E-state index contributed by atoms with van der Waals surface area (Å²) in [6.45, 7) is 1.85. The fourth-order valence-corrected chi connectivity index (χ4v) is 2.57. The van der Waals surface area contributed by atoms with E-state index in [2.05, 4.69) is 5.32 Å². The summed E-state index contributed by atoms with van der Waals surface area (Å²) in [5.41, 5.74) is 5.77. The van der Waals surface area contributed by atoms with Gasteiger partial charge in [-0.05, 0) is 38.0 Å². The number of hydrogen-bond acceptors (Lipinski definition) is 2. The van der Waals surface area contributed by atoms with E-state index < -0.39 is 0 Å². The summed E-state index contributed by atoms with van der Waals surface area (Å²) < 4.78 is 0. The number of carbonyl (C=O) groups excluding carboxylic acids is 1. The maximum atomic E-state index is 10.9. The molecule has 3 heteroatoms. The first-order valence-electron chi connectivity index (χ1n) is 5.19. The normalized spacial score (nSPS) is 31.9. The van der Waals surface area contributed by atoms with Crippen LogP contribution in [0.2, 0.25) is 0 Å². The van der Waals surface area contributed by atoms with E-state index in [9.17, 15) is 4.79 Å². The molecule has 2 aliphatic carbocycles. The highest BCUT2D eigenvalue weighted by Gasteiger charge is 2.50. The van der Waals surface area contributed by atoms with Crippen LogP contribution < -0.4 is 11.1 Å². The zero-order valence-corrected chi connectivity index (χ0v) is 8.18. The van der Waals surface area contributed by atoms with E-state index in [0.717, 1.165) is 0 Å². The zero-order chi connectivity index (χ0) is 9.47. The molecule has 0 aromatic rings. The number of amides is 1. The fourth-order valence-electron chi connectivity index (χ4n) is 2.57. The SMILES string of the molecule is CC(NC1CCC12CCC2)C(N)=O. The van der Waals surface area contributed by atoms with E-state index in [1.165, 1.54) is 32.1 Å². The van der Waals surface area contributed by atoms with Crippen LogP contribution in [0.5, 0.6) is 0 Å². The van der Waals surface area contributed by atoms with Crippen molar-refractivity contribution in [2.45, 2.75) is 51.1 Å². The van der Waals surface area contributed by atoms with Crippen molar-refractivity contribution in [2.24, 2.45) is 11.1 Å². The molecule has 2 fully saturated rings. The van der Waals surface area contributed by atoms with Gasteiger partial charge >= 0.3 is 0 Å². The highest BCUT2D eigenvalue weighted by molar-refractivity contribution is 5.79. The molecule has 3 nitrogen and oxygen atoms in total. The number of carbonyl (C=O) groups is 1. The van der Waals surface area contributed by atoms with Crippen LogP contribution in [0.4, 0.5) is 0 Å². The van der Waals surface area contributed by atoms with Gasteiger partial charge < -0.3 is 11.1 Å². The van der Waals surface area contributed by atoms with Gasteiger partial charge in [0.25, 0.3) is 0 Å². The minimum atomic E-state index is -0.235. The number of hydrogen-bond donors (Lipinski definition) is 2. The summed E-state index contributed by atoms with van der Waals surface area (Å²) in [6, 6.07) is 0.395. The lowest BCUT2D eigenvalue weighted by atomic mass is 9.53. The predicted molar refractivity (Wildman–Crippen MR) is 51.1 cm³/mol. The van der Waals surface area contributed by atoms with E-state index in [1.807, 2.05) is 6.92 Å². The number of nitrogens with two attached hydrogens (primary N) is 1. The molecule has 2 saturated carbocycles. The van der Waals surface area contributed by atoms with Crippen LogP contribution in [0, 0.1) is 5.41 Å². The summed E-state index contributed by atoms with van der Waals surface area (Å²) in [4.78, 5) is 10.9. The molecular formula is C10H18N2O. The molecular weight excluding hydrogens is 164 g/mol. The number of nitrogens with one attached hydrogen (secondary N) is 1. The van der Waals surface area contributed by atoms with Crippen molar-refractivity contribution in [2.75, 3.05) is 0 Å². The Morgan fingerprint density at radius 1 is 1.54 bits per heavy atom.